The molecule has 0 bridgehead atoms. The van der Waals surface area contributed by atoms with Gasteiger partial charge in [-0.05, 0) is 34.6 Å². The van der Waals surface area contributed by atoms with Crippen LogP contribution in [0.1, 0.15) is 40.2 Å². The lowest BCUT2D eigenvalue weighted by Gasteiger charge is -2.24. The molecule has 1 unspecified atom stereocenters. The molecule has 0 saturated carbocycles. The van der Waals surface area contributed by atoms with E-state index in [1.54, 1.807) is 31.0 Å². The molecular weight excluding hydrogens is 308 g/mol. The van der Waals surface area contributed by atoms with Crippen molar-refractivity contribution in [2.75, 3.05) is 19.6 Å². The predicted molar refractivity (Wildman–Crippen MR) is 94.7 cm³/mol. The second-order valence-corrected chi connectivity index (χ2v) is 7.02. The van der Waals surface area contributed by atoms with Crippen LogP contribution in [0, 0.1) is 0 Å². The number of aliphatic imine (C=N–C) groups is 1. The van der Waals surface area contributed by atoms with Gasteiger partial charge in [0.25, 0.3) is 0 Å². The molecule has 1 amide bonds. The van der Waals surface area contributed by atoms with Gasteiger partial charge in [0.15, 0.2) is 5.96 Å². The zero-order valence-corrected chi connectivity index (χ0v) is 15.5. The Morgan fingerprint density at radius 1 is 1.33 bits per heavy atom. The molecule has 1 atom stereocenters. The third-order valence-corrected chi connectivity index (χ3v) is 3.17. The Kier molecular flexibility index (Phi) is 6.77. The first-order chi connectivity index (χ1) is 11.0. The van der Waals surface area contributed by atoms with Gasteiger partial charge < -0.3 is 21.1 Å². The molecule has 24 heavy (non-hydrogen) atoms. The molecule has 0 fully saturated rings. The lowest BCUT2D eigenvalue weighted by Crippen LogP contribution is -2.46. The first-order valence-electron chi connectivity index (χ1n) is 8.08. The number of guanidine groups is 1. The largest absolute Gasteiger partial charge is 0.383 e. The van der Waals surface area contributed by atoms with Crippen molar-refractivity contribution in [3.8, 4) is 0 Å². The third-order valence-electron chi connectivity index (χ3n) is 3.17. The zero-order chi connectivity index (χ0) is 18.4. The molecule has 8 heteroatoms. The highest BCUT2D eigenvalue weighted by atomic mass is 16.3. The average molecular weight is 338 g/mol. The Morgan fingerprint density at radius 2 is 2.00 bits per heavy atom. The molecule has 0 aliphatic heterocycles. The Morgan fingerprint density at radius 3 is 2.50 bits per heavy atom. The van der Waals surface area contributed by atoms with Crippen molar-refractivity contribution >= 4 is 11.9 Å². The maximum atomic E-state index is 11.9. The zero-order valence-electron chi connectivity index (χ0n) is 15.5. The number of carbonyl (C=O) groups excluding carboxylic acids is 1. The first-order valence-corrected chi connectivity index (χ1v) is 8.08. The first kappa shape index (κ1) is 20.0. The van der Waals surface area contributed by atoms with Crippen LogP contribution in [0.4, 0.5) is 0 Å². The Hall–Kier alpha value is -2.09. The molecule has 8 nitrogen and oxygen atoms in total. The van der Waals surface area contributed by atoms with Crippen LogP contribution in [0.3, 0.4) is 0 Å². The summed E-state index contributed by atoms with van der Waals surface area (Å²) in [5.41, 5.74) is -0.681. The van der Waals surface area contributed by atoms with Crippen LogP contribution >= 0.6 is 0 Å². The van der Waals surface area contributed by atoms with Gasteiger partial charge in [-0.2, -0.15) is 5.10 Å². The molecule has 0 aromatic carbocycles. The summed E-state index contributed by atoms with van der Waals surface area (Å²) in [6.07, 6.45) is 3.39. The fraction of sp³-hybridized carbons (Fsp3) is 0.688. The van der Waals surface area contributed by atoms with Gasteiger partial charge in [-0.15, -0.1) is 0 Å². The van der Waals surface area contributed by atoms with E-state index in [9.17, 15) is 9.90 Å². The fourth-order valence-electron chi connectivity index (χ4n) is 2.01. The highest BCUT2D eigenvalue weighted by molar-refractivity contribution is 5.85. The van der Waals surface area contributed by atoms with Crippen LogP contribution in [0.15, 0.2) is 17.4 Å². The number of hydrogen-bond acceptors (Lipinski definition) is 4. The van der Waals surface area contributed by atoms with Gasteiger partial charge in [-0.3, -0.25) is 9.48 Å². The summed E-state index contributed by atoms with van der Waals surface area (Å²) < 4.78 is 1.64. The van der Waals surface area contributed by atoms with Crippen molar-refractivity contribution < 1.29 is 9.90 Å². The van der Waals surface area contributed by atoms with Crippen molar-refractivity contribution in [3.63, 3.8) is 0 Å². The van der Waals surface area contributed by atoms with Gasteiger partial charge in [0.2, 0.25) is 5.91 Å². The van der Waals surface area contributed by atoms with Crippen LogP contribution < -0.4 is 16.0 Å². The molecular formula is C16H30N6O2. The van der Waals surface area contributed by atoms with E-state index in [2.05, 4.69) is 26.0 Å². The summed E-state index contributed by atoms with van der Waals surface area (Å²) in [5, 5.41) is 23.6. The lowest BCUT2D eigenvalue weighted by atomic mass is 10.00. The second kappa shape index (κ2) is 8.14. The van der Waals surface area contributed by atoms with Crippen molar-refractivity contribution in [3.05, 3.63) is 18.0 Å². The minimum absolute atomic E-state index is 0.0155. The number of rotatable bonds is 6. The number of nitrogens with zero attached hydrogens (tertiary/aromatic N) is 3. The quantitative estimate of drug-likeness (QED) is 0.435. The van der Waals surface area contributed by atoms with E-state index in [4.69, 9.17) is 0 Å². The standard InChI is InChI=1S/C16H30N6O2/c1-7-17-14(18-9-13(23)21-15(2,3)4)19-11-16(5,24)12-8-20-22(6)10-12/h8,10,24H,7,9,11H2,1-6H3,(H,21,23)(H2,17,18,19). The van der Waals surface area contributed by atoms with Crippen molar-refractivity contribution in [2.45, 2.75) is 45.8 Å². The van der Waals surface area contributed by atoms with Crippen LogP contribution in [0.25, 0.3) is 0 Å². The summed E-state index contributed by atoms with van der Waals surface area (Å²) in [6.45, 7) is 10.3. The Bertz CT molecular complexity index is 571. The van der Waals surface area contributed by atoms with Gasteiger partial charge in [0.05, 0.1) is 12.7 Å². The minimum atomic E-state index is -1.10. The smallest absolute Gasteiger partial charge is 0.242 e. The molecule has 0 aliphatic rings. The number of aryl methyl sites for hydroxylation is 1. The molecule has 0 spiro atoms. The van der Waals surface area contributed by atoms with E-state index in [0.29, 0.717) is 18.1 Å². The molecule has 0 saturated heterocycles. The monoisotopic (exact) mass is 338 g/mol. The average Bonchev–Trinajstić information content (AvgIpc) is 2.87. The molecule has 1 aromatic rings. The third kappa shape index (κ3) is 6.99. The van der Waals surface area contributed by atoms with Crippen molar-refractivity contribution in [2.24, 2.45) is 12.0 Å². The van der Waals surface area contributed by atoms with Crippen LogP contribution in [0.2, 0.25) is 0 Å². The summed E-state index contributed by atoms with van der Waals surface area (Å²) in [7, 11) is 1.80. The second-order valence-electron chi connectivity index (χ2n) is 7.02. The molecule has 4 N–H and O–H groups in total. The lowest BCUT2D eigenvalue weighted by molar-refractivity contribution is -0.121. The maximum Gasteiger partial charge on any atom is 0.242 e. The van der Waals surface area contributed by atoms with Crippen molar-refractivity contribution in [1.82, 2.24) is 25.7 Å². The number of carbonyl (C=O) groups is 1. The number of nitrogens with one attached hydrogen (secondary N) is 3. The van der Waals surface area contributed by atoms with Crippen LogP contribution in [-0.4, -0.2) is 51.9 Å². The Labute approximate surface area is 143 Å². The molecule has 1 rings (SSSR count). The number of amides is 1. The predicted octanol–water partition coefficient (Wildman–Crippen LogP) is 0.0974. The van der Waals surface area contributed by atoms with E-state index in [1.165, 1.54) is 0 Å². The molecule has 136 valence electrons. The maximum absolute atomic E-state index is 11.9. The summed E-state index contributed by atoms with van der Waals surface area (Å²) in [5.74, 6) is 0.324. The van der Waals surface area contributed by atoms with E-state index >= 15 is 0 Å². The minimum Gasteiger partial charge on any atom is -0.383 e. The molecule has 1 heterocycles. The van der Waals surface area contributed by atoms with Crippen LogP contribution in [0.5, 0.6) is 0 Å². The Balaban J connectivity index is 2.65. The topological polar surface area (TPSA) is 104 Å². The SMILES string of the molecule is CCNC(=NCC(=O)NC(C)(C)C)NCC(C)(O)c1cnn(C)c1. The van der Waals surface area contributed by atoms with Crippen molar-refractivity contribution in [1.29, 1.82) is 0 Å². The number of aromatic nitrogens is 2. The fourth-order valence-corrected chi connectivity index (χ4v) is 2.01. The van der Waals surface area contributed by atoms with E-state index in [0.717, 1.165) is 0 Å². The normalized spacial score (nSPS) is 14.9. The molecule has 1 aromatic heterocycles. The molecule has 0 aliphatic carbocycles. The molecule has 0 radical (unpaired) electrons. The summed E-state index contributed by atoms with van der Waals surface area (Å²) in [4.78, 5) is 16.1. The number of hydrogen-bond donors (Lipinski definition) is 4. The van der Waals surface area contributed by atoms with Gasteiger partial charge in [-0.1, -0.05) is 0 Å². The van der Waals surface area contributed by atoms with Gasteiger partial charge >= 0.3 is 0 Å². The van der Waals surface area contributed by atoms with E-state index < -0.39 is 5.60 Å². The summed E-state index contributed by atoms with van der Waals surface area (Å²) >= 11 is 0. The van der Waals surface area contributed by atoms with E-state index in [1.807, 2.05) is 27.7 Å². The number of aliphatic hydroxyl groups is 1. The van der Waals surface area contributed by atoms with Gasteiger partial charge in [0, 0.05) is 30.9 Å². The highest BCUT2D eigenvalue weighted by Crippen LogP contribution is 2.18. The van der Waals surface area contributed by atoms with Gasteiger partial charge in [0.1, 0.15) is 12.1 Å². The highest BCUT2D eigenvalue weighted by Gasteiger charge is 2.25. The summed E-state index contributed by atoms with van der Waals surface area (Å²) in [6, 6.07) is 0. The van der Waals surface area contributed by atoms with E-state index in [-0.39, 0.29) is 24.5 Å². The van der Waals surface area contributed by atoms with Gasteiger partial charge in [-0.25, -0.2) is 4.99 Å². The van der Waals surface area contributed by atoms with Crippen LogP contribution in [-0.2, 0) is 17.4 Å².